The lowest BCUT2D eigenvalue weighted by Crippen LogP contribution is -2.45. The summed E-state index contributed by atoms with van der Waals surface area (Å²) in [5.74, 6) is -0.0735. The van der Waals surface area contributed by atoms with E-state index in [1.54, 1.807) is 6.08 Å². The van der Waals surface area contributed by atoms with Gasteiger partial charge in [0.2, 0.25) is 5.91 Å². The lowest BCUT2D eigenvalue weighted by molar-refractivity contribution is -0.123. The molecule has 2 unspecified atom stereocenters. The van der Waals surface area contributed by atoms with Crippen LogP contribution in [-0.4, -0.2) is 34.9 Å². The van der Waals surface area contributed by atoms with E-state index < -0.39 is 12.1 Å². The molecule has 46 heavy (non-hydrogen) atoms. The molecule has 0 radical (unpaired) electrons. The first-order valence-electron chi connectivity index (χ1n) is 20.2. The summed E-state index contributed by atoms with van der Waals surface area (Å²) in [7, 11) is 0. The number of hydrogen-bond donors (Lipinski definition) is 3. The number of aliphatic hydroxyl groups excluding tert-OH is 2. The molecular formula is C42H79NO3. The normalized spacial score (nSPS) is 13.4. The van der Waals surface area contributed by atoms with E-state index in [1.165, 1.54) is 154 Å². The van der Waals surface area contributed by atoms with Gasteiger partial charge in [-0.25, -0.2) is 0 Å². The number of carbonyl (C=O) groups is 1. The Morgan fingerprint density at radius 1 is 0.522 bits per heavy atom. The predicted octanol–water partition coefficient (Wildman–Crippen LogP) is 12.2. The molecule has 0 saturated carbocycles. The number of aliphatic hydroxyl groups is 2. The van der Waals surface area contributed by atoms with Gasteiger partial charge in [0.1, 0.15) is 0 Å². The Bertz CT molecular complexity index is 701. The van der Waals surface area contributed by atoms with Crippen LogP contribution in [0.3, 0.4) is 0 Å². The zero-order valence-electron chi connectivity index (χ0n) is 30.8. The quantitative estimate of drug-likeness (QED) is 0.0469. The highest BCUT2D eigenvalue weighted by Crippen LogP contribution is 2.13. The lowest BCUT2D eigenvalue weighted by Gasteiger charge is -2.20. The molecule has 0 aromatic carbocycles. The van der Waals surface area contributed by atoms with Gasteiger partial charge in [0, 0.05) is 6.42 Å². The summed E-state index contributed by atoms with van der Waals surface area (Å²) in [4.78, 5) is 12.3. The van der Waals surface area contributed by atoms with Crippen molar-refractivity contribution >= 4 is 5.91 Å². The summed E-state index contributed by atoms with van der Waals surface area (Å²) in [6.45, 7) is 4.29. The zero-order chi connectivity index (χ0) is 33.6. The Hall–Kier alpha value is -1.39. The minimum atomic E-state index is -0.840. The van der Waals surface area contributed by atoms with Gasteiger partial charge in [0.15, 0.2) is 0 Å². The molecule has 1 amide bonds. The Morgan fingerprint density at radius 3 is 1.30 bits per heavy atom. The maximum Gasteiger partial charge on any atom is 0.220 e. The summed E-state index contributed by atoms with van der Waals surface area (Å²) < 4.78 is 0. The van der Waals surface area contributed by atoms with E-state index in [1.807, 2.05) is 6.08 Å². The van der Waals surface area contributed by atoms with Crippen LogP contribution < -0.4 is 5.32 Å². The van der Waals surface area contributed by atoms with Crippen molar-refractivity contribution in [3.63, 3.8) is 0 Å². The first-order chi connectivity index (χ1) is 22.7. The van der Waals surface area contributed by atoms with Crippen molar-refractivity contribution in [1.82, 2.24) is 5.32 Å². The van der Waals surface area contributed by atoms with Crippen LogP contribution in [0.1, 0.15) is 206 Å². The van der Waals surface area contributed by atoms with Crippen LogP contribution in [0.25, 0.3) is 0 Å². The van der Waals surface area contributed by atoms with Gasteiger partial charge in [-0.1, -0.05) is 185 Å². The van der Waals surface area contributed by atoms with E-state index in [0.29, 0.717) is 6.42 Å². The van der Waals surface area contributed by atoms with Crippen molar-refractivity contribution < 1.29 is 15.0 Å². The molecule has 0 heterocycles. The Balaban J connectivity index is 3.58. The van der Waals surface area contributed by atoms with Gasteiger partial charge < -0.3 is 15.5 Å². The molecule has 0 fully saturated rings. The summed E-state index contributed by atoms with van der Waals surface area (Å²) in [5, 5.41) is 22.9. The molecule has 0 aromatic heterocycles. The largest absolute Gasteiger partial charge is 0.394 e. The Kier molecular flexibility index (Phi) is 36.9. The van der Waals surface area contributed by atoms with Gasteiger partial charge >= 0.3 is 0 Å². The van der Waals surface area contributed by atoms with Crippen LogP contribution in [0.5, 0.6) is 0 Å². The average Bonchev–Trinajstić information content (AvgIpc) is 3.06. The van der Waals surface area contributed by atoms with Gasteiger partial charge in [-0.2, -0.15) is 0 Å². The molecule has 270 valence electrons. The lowest BCUT2D eigenvalue weighted by atomic mass is 10.1. The maximum atomic E-state index is 12.3. The molecule has 0 aliphatic rings. The number of allylic oxidation sites excluding steroid dienone is 5. The second-order valence-corrected chi connectivity index (χ2v) is 13.7. The molecule has 0 bridgehead atoms. The summed E-state index contributed by atoms with van der Waals surface area (Å²) >= 11 is 0. The fourth-order valence-corrected chi connectivity index (χ4v) is 5.97. The van der Waals surface area contributed by atoms with Gasteiger partial charge in [-0.05, 0) is 51.4 Å². The third-order valence-electron chi connectivity index (χ3n) is 9.12. The first-order valence-corrected chi connectivity index (χ1v) is 20.2. The number of rotatable bonds is 36. The van der Waals surface area contributed by atoms with Crippen LogP contribution in [0.2, 0.25) is 0 Å². The van der Waals surface area contributed by atoms with E-state index in [-0.39, 0.29) is 12.5 Å². The molecular weight excluding hydrogens is 566 g/mol. The molecule has 0 aliphatic heterocycles. The number of nitrogens with one attached hydrogen (secondary N) is 1. The molecule has 0 saturated heterocycles. The van der Waals surface area contributed by atoms with Crippen LogP contribution in [0, 0.1) is 0 Å². The van der Waals surface area contributed by atoms with Crippen molar-refractivity contribution in [1.29, 1.82) is 0 Å². The van der Waals surface area contributed by atoms with Gasteiger partial charge in [-0.3, -0.25) is 4.79 Å². The predicted molar refractivity (Wildman–Crippen MR) is 202 cm³/mol. The van der Waals surface area contributed by atoms with E-state index in [4.69, 9.17) is 0 Å². The van der Waals surface area contributed by atoms with E-state index >= 15 is 0 Å². The van der Waals surface area contributed by atoms with Gasteiger partial charge in [0.25, 0.3) is 0 Å². The molecule has 4 heteroatoms. The Labute approximate surface area is 287 Å². The zero-order valence-corrected chi connectivity index (χ0v) is 30.8. The number of carbonyl (C=O) groups excluding carboxylic acids is 1. The smallest absolute Gasteiger partial charge is 0.220 e. The van der Waals surface area contributed by atoms with Crippen molar-refractivity contribution in [3.05, 3.63) is 36.5 Å². The molecule has 2 atom stereocenters. The van der Waals surface area contributed by atoms with Crippen molar-refractivity contribution in [3.8, 4) is 0 Å². The van der Waals surface area contributed by atoms with Crippen molar-refractivity contribution in [2.75, 3.05) is 6.61 Å². The topological polar surface area (TPSA) is 69.6 Å². The maximum absolute atomic E-state index is 12.3. The second-order valence-electron chi connectivity index (χ2n) is 13.7. The summed E-state index contributed by atoms with van der Waals surface area (Å²) in [6.07, 6.45) is 49.5. The third kappa shape index (κ3) is 34.0. The highest BCUT2D eigenvalue weighted by molar-refractivity contribution is 5.76. The molecule has 0 aliphatic carbocycles. The van der Waals surface area contributed by atoms with Crippen molar-refractivity contribution in [2.24, 2.45) is 0 Å². The third-order valence-corrected chi connectivity index (χ3v) is 9.12. The molecule has 4 nitrogen and oxygen atoms in total. The van der Waals surface area contributed by atoms with E-state index in [9.17, 15) is 15.0 Å². The molecule has 0 spiro atoms. The van der Waals surface area contributed by atoms with Gasteiger partial charge in [0.05, 0.1) is 18.8 Å². The van der Waals surface area contributed by atoms with E-state index in [2.05, 4.69) is 43.5 Å². The van der Waals surface area contributed by atoms with Gasteiger partial charge in [-0.15, -0.1) is 0 Å². The number of unbranched alkanes of at least 4 members (excludes halogenated alkanes) is 25. The number of hydrogen-bond acceptors (Lipinski definition) is 3. The van der Waals surface area contributed by atoms with Crippen LogP contribution in [0.4, 0.5) is 0 Å². The number of amides is 1. The fourth-order valence-electron chi connectivity index (χ4n) is 5.97. The van der Waals surface area contributed by atoms with E-state index in [0.717, 1.165) is 32.1 Å². The summed E-state index contributed by atoms with van der Waals surface area (Å²) in [5.41, 5.74) is 0. The standard InChI is InChI=1S/C42H79NO3/c1-3-5-7-9-11-13-15-16-17-18-19-20-21-22-23-24-25-26-28-30-32-34-36-38-42(46)43-40(39-44)41(45)37-35-33-31-29-27-14-12-10-8-6-4-2/h19-20,22-23,35,37,40-41,44-45H,3-18,21,24-34,36,38-39H2,1-2H3,(H,43,46)/b20-19-,23-22-,37-35+. The second kappa shape index (κ2) is 38.1. The van der Waals surface area contributed by atoms with Crippen LogP contribution in [0.15, 0.2) is 36.5 Å². The monoisotopic (exact) mass is 646 g/mol. The van der Waals surface area contributed by atoms with Crippen LogP contribution >= 0.6 is 0 Å². The highest BCUT2D eigenvalue weighted by atomic mass is 16.3. The minimum absolute atomic E-state index is 0.0735. The average molecular weight is 646 g/mol. The SMILES string of the molecule is CCCCCCCCCCC/C=C\C/C=C\CCCCCCCCCC(=O)NC(CO)C(O)/C=C/CCCCCCCCCCC. The van der Waals surface area contributed by atoms with Crippen molar-refractivity contribution in [2.45, 2.75) is 219 Å². The fraction of sp³-hybridized carbons (Fsp3) is 0.833. The molecule has 0 aromatic rings. The summed E-state index contributed by atoms with van der Waals surface area (Å²) in [6, 6.07) is -0.624. The minimum Gasteiger partial charge on any atom is -0.394 e. The Morgan fingerprint density at radius 2 is 0.891 bits per heavy atom. The molecule has 0 rings (SSSR count). The van der Waals surface area contributed by atoms with Crippen LogP contribution in [-0.2, 0) is 4.79 Å². The molecule has 3 N–H and O–H groups in total. The highest BCUT2D eigenvalue weighted by Gasteiger charge is 2.17. The first kappa shape index (κ1) is 44.6.